The summed E-state index contributed by atoms with van der Waals surface area (Å²) in [5.41, 5.74) is 0.563. The van der Waals surface area contributed by atoms with E-state index in [0.717, 1.165) is 26.2 Å². The van der Waals surface area contributed by atoms with Gasteiger partial charge in [-0.2, -0.15) is 0 Å². The molecule has 152 valence electrons. The summed E-state index contributed by atoms with van der Waals surface area (Å²) in [7, 11) is 5.31. The molecule has 1 aliphatic heterocycles. The standard InChI is InChI=1S/C21H29N3O3S/c1-15(22-21(25)16-7-8-17(26-3)18(14-16)27-4)20(19-6-5-13-28-19)24-11-9-23(2)10-12-24/h5-8,13-15,20H,9-12H2,1-4H3,(H,22,25). The van der Waals surface area contributed by atoms with Gasteiger partial charge in [0.15, 0.2) is 11.5 Å². The number of nitrogens with zero attached hydrogens (tertiary/aromatic N) is 2. The van der Waals surface area contributed by atoms with Crippen LogP contribution in [0.3, 0.4) is 0 Å². The van der Waals surface area contributed by atoms with Crippen LogP contribution in [0.1, 0.15) is 28.2 Å². The summed E-state index contributed by atoms with van der Waals surface area (Å²) in [6, 6.07) is 9.62. The maximum Gasteiger partial charge on any atom is 0.251 e. The first kappa shape index (κ1) is 20.6. The van der Waals surface area contributed by atoms with Gasteiger partial charge in [-0.3, -0.25) is 9.69 Å². The number of carbonyl (C=O) groups is 1. The Bertz CT molecular complexity index is 773. The number of piperazine rings is 1. The Morgan fingerprint density at radius 2 is 1.82 bits per heavy atom. The van der Waals surface area contributed by atoms with E-state index in [4.69, 9.17) is 9.47 Å². The summed E-state index contributed by atoms with van der Waals surface area (Å²) >= 11 is 1.74. The summed E-state index contributed by atoms with van der Waals surface area (Å²) < 4.78 is 10.6. The zero-order valence-corrected chi connectivity index (χ0v) is 17.8. The molecule has 28 heavy (non-hydrogen) atoms. The monoisotopic (exact) mass is 403 g/mol. The highest BCUT2D eigenvalue weighted by Gasteiger charge is 2.30. The van der Waals surface area contributed by atoms with Gasteiger partial charge < -0.3 is 19.7 Å². The minimum absolute atomic E-state index is 0.0253. The van der Waals surface area contributed by atoms with Crippen LogP contribution in [0, 0.1) is 0 Å². The van der Waals surface area contributed by atoms with Crippen molar-refractivity contribution >= 4 is 17.2 Å². The zero-order valence-electron chi connectivity index (χ0n) is 17.0. The number of rotatable bonds is 7. The van der Waals surface area contributed by atoms with Crippen LogP contribution in [-0.4, -0.2) is 69.2 Å². The van der Waals surface area contributed by atoms with Crippen molar-refractivity contribution in [1.82, 2.24) is 15.1 Å². The van der Waals surface area contributed by atoms with Gasteiger partial charge in [-0.05, 0) is 43.6 Å². The second kappa shape index (κ2) is 9.41. The van der Waals surface area contributed by atoms with Gasteiger partial charge in [-0.25, -0.2) is 0 Å². The number of amides is 1. The summed E-state index contributed by atoms with van der Waals surface area (Å²) in [4.78, 5) is 19.0. The Labute approximate surface area is 171 Å². The third-order valence-corrected chi connectivity index (χ3v) is 6.19. The van der Waals surface area contributed by atoms with Gasteiger partial charge >= 0.3 is 0 Å². The molecule has 0 spiro atoms. The van der Waals surface area contributed by atoms with Crippen molar-refractivity contribution in [2.24, 2.45) is 0 Å². The molecule has 2 atom stereocenters. The normalized spacial score (nSPS) is 17.7. The number of hydrogen-bond donors (Lipinski definition) is 1. The van der Waals surface area contributed by atoms with Crippen molar-refractivity contribution in [3.8, 4) is 11.5 Å². The lowest BCUT2D eigenvalue weighted by Gasteiger charge is -2.40. The van der Waals surface area contributed by atoms with Gasteiger partial charge in [0.1, 0.15) is 0 Å². The van der Waals surface area contributed by atoms with E-state index in [1.165, 1.54) is 4.88 Å². The Hall–Kier alpha value is -2.09. The van der Waals surface area contributed by atoms with Crippen LogP contribution in [0.25, 0.3) is 0 Å². The van der Waals surface area contributed by atoms with E-state index in [0.29, 0.717) is 17.1 Å². The number of ether oxygens (including phenoxy) is 2. The van der Waals surface area contributed by atoms with Crippen molar-refractivity contribution in [2.75, 3.05) is 47.4 Å². The predicted octanol–water partition coefficient (Wildman–Crippen LogP) is 2.87. The number of hydrogen-bond acceptors (Lipinski definition) is 6. The van der Waals surface area contributed by atoms with Crippen molar-refractivity contribution in [2.45, 2.75) is 19.0 Å². The molecular weight excluding hydrogens is 374 g/mol. The van der Waals surface area contributed by atoms with Crippen molar-refractivity contribution < 1.29 is 14.3 Å². The Balaban J connectivity index is 1.76. The Morgan fingerprint density at radius 1 is 1.11 bits per heavy atom. The van der Waals surface area contributed by atoms with Crippen LogP contribution >= 0.6 is 11.3 Å². The molecule has 1 aromatic heterocycles. The van der Waals surface area contributed by atoms with Gasteiger partial charge in [0.25, 0.3) is 5.91 Å². The maximum atomic E-state index is 12.9. The number of benzene rings is 1. The summed E-state index contributed by atoms with van der Waals surface area (Å²) in [6.07, 6.45) is 0. The largest absolute Gasteiger partial charge is 0.493 e. The van der Waals surface area contributed by atoms with E-state index in [-0.39, 0.29) is 18.0 Å². The molecule has 2 aromatic rings. The molecule has 1 fully saturated rings. The van der Waals surface area contributed by atoms with Crippen LogP contribution in [0.2, 0.25) is 0 Å². The van der Waals surface area contributed by atoms with Crippen LogP contribution in [0.5, 0.6) is 11.5 Å². The van der Waals surface area contributed by atoms with Crippen molar-refractivity contribution in [3.05, 3.63) is 46.2 Å². The van der Waals surface area contributed by atoms with Gasteiger partial charge in [-0.1, -0.05) is 6.07 Å². The predicted molar refractivity (Wildman–Crippen MR) is 113 cm³/mol. The molecule has 0 radical (unpaired) electrons. The number of likely N-dealkylation sites (N-methyl/N-ethyl adjacent to an activating group) is 1. The minimum Gasteiger partial charge on any atom is -0.493 e. The van der Waals surface area contributed by atoms with Crippen LogP contribution in [-0.2, 0) is 0 Å². The summed E-state index contributed by atoms with van der Waals surface area (Å²) in [5.74, 6) is 1.06. The molecule has 6 nitrogen and oxygen atoms in total. The van der Waals surface area contributed by atoms with Gasteiger partial charge in [0.2, 0.25) is 0 Å². The van der Waals surface area contributed by atoms with Gasteiger partial charge in [-0.15, -0.1) is 11.3 Å². The highest BCUT2D eigenvalue weighted by Crippen LogP contribution is 2.30. The topological polar surface area (TPSA) is 54.0 Å². The lowest BCUT2D eigenvalue weighted by Crippen LogP contribution is -2.51. The van der Waals surface area contributed by atoms with Crippen molar-refractivity contribution in [1.29, 1.82) is 0 Å². The summed E-state index contributed by atoms with van der Waals surface area (Å²) in [5, 5.41) is 5.30. The van der Waals surface area contributed by atoms with Crippen LogP contribution in [0.4, 0.5) is 0 Å². The molecule has 1 saturated heterocycles. The van der Waals surface area contributed by atoms with E-state index >= 15 is 0 Å². The molecule has 0 aliphatic carbocycles. The Kier molecular flexibility index (Phi) is 6.93. The first-order valence-corrected chi connectivity index (χ1v) is 10.4. The van der Waals surface area contributed by atoms with Crippen LogP contribution in [0.15, 0.2) is 35.7 Å². The second-order valence-corrected chi connectivity index (χ2v) is 8.11. The van der Waals surface area contributed by atoms with Crippen molar-refractivity contribution in [3.63, 3.8) is 0 Å². The van der Waals surface area contributed by atoms with Crippen LogP contribution < -0.4 is 14.8 Å². The fourth-order valence-electron chi connectivity index (χ4n) is 3.65. The molecule has 1 amide bonds. The molecule has 3 rings (SSSR count). The molecular formula is C21H29N3O3S. The van der Waals surface area contributed by atoms with E-state index in [1.54, 1.807) is 43.8 Å². The molecule has 7 heteroatoms. The SMILES string of the molecule is COc1ccc(C(=O)NC(C)C(c2cccs2)N2CCN(C)CC2)cc1OC. The first-order valence-electron chi connectivity index (χ1n) is 9.52. The molecule has 1 N–H and O–H groups in total. The molecule has 0 saturated carbocycles. The maximum absolute atomic E-state index is 12.9. The van der Waals surface area contributed by atoms with Gasteiger partial charge in [0, 0.05) is 42.7 Å². The van der Waals surface area contributed by atoms with E-state index in [9.17, 15) is 4.79 Å². The minimum atomic E-state index is -0.107. The molecule has 1 aliphatic rings. The third-order valence-electron chi connectivity index (χ3n) is 5.24. The third kappa shape index (κ3) is 4.66. The fourth-order valence-corrected chi connectivity index (χ4v) is 4.61. The molecule has 0 bridgehead atoms. The van der Waals surface area contributed by atoms with E-state index < -0.39 is 0 Å². The first-order chi connectivity index (χ1) is 13.5. The van der Waals surface area contributed by atoms with E-state index in [2.05, 4.69) is 46.6 Å². The highest BCUT2D eigenvalue weighted by molar-refractivity contribution is 7.10. The number of nitrogens with one attached hydrogen (secondary N) is 1. The fraction of sp³-hybridized carbons (Fsp3) is 0.476. The van der Waals surface area contributed by atoms with Gasteiger partial charge in [0.05, 0.1) is 20.3 Å². The Morgan fingerprint density at radius 3 is 2.43 bits per heavy atom. The summed E-state index contributed by atoms with van der Waals surface area (Å²) in [6.45, 7) is 6.16. The smallest absolute Gasteiger partial charge is 0.251 e. The lowest BCUT2D eigenvalue weighted by molar-refractivity contribution is 0.0799. The quantitative estimate of drug-likeness (QED) is 0.770. The second-order valence-electron chi connectivity index (χ2n) is 7.13. The molecule has 1 aromatic carbocycles. The highest BCUT2D eigenvalue weighted by atomic mass is 32.1. The number of thiophene rings is 1. The molecule has 2 unspecified atom stereocenters. The van der Waals surface area contributed by atoms with E-state index in [1.807, 2.05) is 0 Å². The average Bonchev–Trinajstić information content (AvgIpc) is 3.23. The number of methoxy groups -OCH3 is 2. The molecule has 2 heterocycles. The average molecular weight is 404 g/mol. The number of carbonyl (C=O) groups excluding carboxylic acids is 1. The lowest BCUT2D eigenvalue weighted by atomic mass is 10.0. The zero-order chi connectivity index (χ0) is 20.1.